The first-order valence-electron chi connectivity index (χ1n) is 7.52. The standard InChI is InChI=1S/C15H20N6O2/c1-10-6-19-20-14(10)15(22)17-7-11-5-12(23-2)8-21(11)13-3-4-16-9-18-13/h3-4,6,9,11-12H,5,7-8H2,1-2H3,(H,17,22)(H,19,20)/t11-,12-/m1/s1. The third-order valence-corrected chi connectivity index (χ3v) is 4.12. The van der Waals surface area contributed by atoms with E-state index in [0.29, 0.717) is 12.2 Å². The maximum Gasteiger partial charge on any atom is 0.269 e. The summed E-state index contributed by atoms with van der Waals surface area (Å²) in [7, 11) is 1.71. The molecule has 1 fully saturated rings. The van der Waals surface area contributed by atoms with Crippen molar-refractivity contribution in [3.63, 3.8) is 0 Å². The van der Waals surface area contributed by atoms with Crippen molar-refractivity contribution in [3.05, 3.63) is 36.0 Å². The van der Waals surface area contributed by atoms with Crippen LogP contribution in [0, 0.1) is 6.92 Å². The van der Waals surface area contributed by atoms with E-state index >= 15 is 0 Å². The molecule has 122 valence electrons. The Balaban J connectivity index is 1.67. The predicted octanol–water partition coefficient (Wildman–Crippen LogP) is 0.532. The van der Waals surface area contributed by atoms with Gasteiger partial charge in [-0.15, -0.1) is 0 Å². The zero-order valence-electron chi connectivity index (χ0n) is 13.2. The highest BCUT2D eigenvalue weighted by molar-refractivity contribution is 5.93. The van der Waals surface area contributed by atoms with Gasteiger partial charge in [0, 0.05) is 26.4 Å². The molecule has 0 aromatic carbocycles. The molecule has 8 nitrogen and oxygen atoms in total. The Morgan fingerprint density at radius 2 is 2.43 bits per heavy atom. The Morgan fingerprint density at radius 1 is 1.57 bits per heavy atom. The number of amides is 1. The highest BCUT2D eigenvalue weighted by Gasteiger charge is 2.33. The zero-order chi connectivity index (χ0) is 16.2. The second-order valence-electron chi connectivity index (χ2n) is 5.61. The van der Waals surface area contributed by atoms with Gasteiger partial charge < -0.3 is 15.0 Å². The largest absolute Gasteiger partial charge is 0.380 e. The van der Waals surface area contributed by atoms with Crippen molar-refractivity contribution < 1.29 is 9.53 Å². The summed E-state index contributed by atoms with van der Waals surface area (Å²) in [6.45, 7) is 3.11. The first-order valence-corrected chi connectivity index (χ1v) is 7.52. The molecule has 2 atom stereocenters. The van der Waals surface area contributed by atoms with E-state index in [0.717, 1.165) is 24.3 Å². The normalized spacial score (nSPS) is 20.7. The number of nitrogens with one attached hydrogen (secondary N) is 2. The maximum absolute atomic E-state index is 12.2. The SMILES string of the molecule is CO[C@@H]1C[C@H](CNC(=O)c2[nH]ncc2C)N(c2ccncn2)C1. The first kappa shape index (κ1) is 15.4. The van der Waals surface area contributed by atoms with Crippen molar-refractivity contribution in [1.29, 1.82) is 0 Å². The number of hydrogen-bond acceptors (Lipinski definition) is 6. The molecule has 0 unspecified atom stereocenters. The van der Waals surface area contributed by atoms with Gasteiger partial charge in [-0.1, -0.05) is 0 Å². The van der Waals surface area contributed by atoms with Crippen LogP contribution in [-0.4, -0.2) is 58.4 Å². The lowest BCUT2D eigenvalue weighted by atomic mass is 10.2. The molecule has 0 aliphatic carbocycles. The van der Waals surface area contributed by atoms with E-state index in [1.54, 1.807) is 19.5 Å². The number of carbonyl (C=O) groups excluding carboxylic acids is 1. The average molecular weight is 316 g/mol. The molecule has 2 aromatic rings. The van der Waals surface area contributed by atoms with Gasteiger partial charge in [0.2, 0.25) is 0 Å². The van der Waals surface area contributed by atoms with E-state index in [4.69, 9.17) is 4.74 Å². The van der Waals surface area contributed by atoms with Crippen LogP contribution in [0.4, 0.5) is 5.82 Å². The molecule has 2 N–H and O–H groups in total. The second kappa shape index (κ2) is 6.74. The molecule has 23 heavy (non-hydrogen) atoms. The summed E-state index contributed by atoms with van der Waals surface area (Å²) in [5.41, 5.74) is 1.33. The van der Waals surface area contributed by atoms with Gasteiger partial charge in [0.05, 0.1) is 18.3 Å². The number of ether oxygens (including phenoxy) is 1. The molecule has 2 aromatic heterocycles. The van der Waals surface area contributed by atoms with Crippen LogP contribution in [0.2, 0.25) is 0 Å². The topological polar surface area (TPSA) is 96.0 Å². The summed E-state index contributed by atoms with van der Waals surface area (Å²) in [5.74, 6) is 0.694. The van der Waals surface area contributed by atoms with Crippen LogP contribution in [0.5, 0.6) is 0 Å². The van der Waals surface area contributed by atoms with Crippen molar-refractivity contribution in [2.75, 3.05) is 25.1 Å². The average Bonchev–Trinajstić information content (AvgIpc) is 3.19. The molecule has 0 saturated carbocycles. The summed E-state index contributed by atoms with van der Waals surface area (Å²) < 4.78 is 5.48. The summed E-state index contributed by atoms with van der Waals surface area (Å²) >= 11 is 0. The summed E-state index contributed by atoms with van der Waals surface area (Å²) in [6.07, 6.45) is 5.84. The van der Waals surface area contributed by atoms with Crippen LogP contribution in [-0.2, 0) is 4.74 Å². The minimum Gasteiger partial charge on any atom is -0.380 e. The number of aromatic amines is 1. The van der Waals surface area contributed by atoms with Gasteiger partial charge in [-0.3, -0.25) is 9.89 Å². The molecule has 3 heterocycles. The summed E-state index contributed by atoms with van der Waals surface area (Å²) in [5, 5.41) is 9.56. The molecule has 0 radical (unpaired) electrons. The van der Waals surface area contributed by atoms with Crippen LogP contribution in [0.25, 0.3) is 0 Å². The number of nitrogens with zero attached hydrogens (tertiary/aromatic N) is 4. The van der Waals surface area contributed by atoms with E-state index in [9.17, 15) is 4.79 Å². The number of carbonyl (C=O) groups is 1. The summed E-state index contributed by atoms with van der Waals surface area (Å²) in [4.78, 5) is 22.6. The smallest absolute Gasteiger partial charge is 0.269 e. The molecule has 1 saturated heterocycles. The minimum atomic E-state index is -0.150. The summed E-state index contributed by atoms with van der Waals surface area (Å²) in [6, 6.07) is 1.99. The highest BCUT2D eigenvalue weighted by Crippen LogP contribution is 2.24. The Kier molecular flexibility index (Phi) is 4.52. The fraction of sp³-hybridized carbons (Fsp3) is 0.467. The van der Waals surface area contributed by atoms with Crippen LogP contribution < -0.4 is 10.2 Å². The van der Waals surface area contributed by atoms with Crippen LogP contribution in [0.3, 0.4) is 0 Å². The number of aromatic nitrogens is 4. The number of anilines is 1. The van der Waals surface area contributed by atoms with Gasteiger partial charge in [-0.2, -0.15) is 5.10 Å². The lowest BCUT2D eigenvalue weighted by Crippen LogP contribution is -2.40. The molecule has 0 bridgehead atoms. The Bertz CT molecular complexity index is 659. The number of hydrogen-bond donors (Lipinski definition) is 2. The van der Waals surface area contributed by atoms with Crippen molar-refractivity contribution in [2.45, 2.75) is 25.5 Å². The number of methoxy groups -OCH3 is 1. The molecular weight excluding hydrogens is 296 g/mol. The van der Waals surface area contributed by atoms with Gasteiger partial charge in [0.1, 0.15) is 17.8 Å². The van der Waals surface area contributed by atoms with Gasteiger partial charge in [0.25, 0.3) is 5.91 Å². The Hall–Kier alpha value is -2.48. The lowest BCUT2D eigenvalue weighted by molar-refractivity contribution is 0.0941. The van der Waals surface area contributed by atoms with Crippen LogP contribution >= 0.6 is 0 Å². The second-order valence-corrected chi connectivity index (χ2v) is 5.61. The quantitative estimate of drug-likeness (QED) is 0.835. The third-order valence-electron chi connectivity index (χ3n) is 4.12. The third kappa shape index (κ3) is 3.31. The van der Waals surface area contributed by atoms with E-state index in [2.05, 4.69) is 30.4 Å². The van der Waals surface area contributed by atoms with Crippen molar-refractivity contribution in [1.82, 2.24) is 25.5 Å². The van der Waals surface area contributed by atoms with E-state index < -0.39 is 0 Å². The number of aryl methyl sites for hydroxylation is 1. The first-order chi connectivity index (χ1) is 11.2. The monoisotopic (exact) mass is 316 g/mol. The van der Waals surface area contributed by atoms with Gasteiger partial charge in [-0.05, 0) is 25.0 Å². The van der Waals surface area contributed by atoms with Gasteiger partial charge >= 0.3 is 0 Å². The van der Waals surface area contributed by atoms with Gasteiger partial charge in [-0.25, -0.2) is 9.97 Å². The number of rotatable bonds is 5. The number of H-pyrrole nitrogens is 1. The van der Waals surface area contributed by atoms with E-state index in [1.165, 1.54) is 6.33 Å². The Labute approximate surface area is 134 Å². The molecule has 0 spiro atoms. The predicted molar refractivity (Wildman–Crippen MR) is 84.2 cm³/mol. The zero-order valence-corrected chi connectivity index (χ0v) is 13.2. The fourth-order valence-electron chi connectivity index (χ4n) is 2.85. The van der Waals surface area contributed by atoms with Gasteiger partial charge in [0.15, 0.2) is 0 Å². The molecule has 8 heteroatoms. The molecule has 1 aliphatic rings. The molecule has 3 rings (SSSR count). The van der Waals surface area contributed by atoms with Crippen molar-refractivity contribution in [3.8, 4) is 0 Å². The molecule has 1 aliphatic heterocycles. The van der Waals surface area contributed by atoms with Crippen molar-refractivity contribution in [2.24, 2.45) is 0 Å². The van der Waals surface area contributed by atoms with E-state index in [-0.39, 0.29) is 18.1 Å². The highest BCUT2D eigenvalue weighted by atomic mass is 16.5. The fourth-order valence-corrected chi connectivity index (χ4v) is 2.85. The maximum atomic E-state index is 12.2. The molecule has 1 amide bonds. The van der Waals surface area contributed by atoms with Crippen LogP contribution in [0.15, 0.2) is 24.8 Å². The lowest BCUT2D eigenvalue weighted by Gasteiger charge is -2.25. The van der Waals surface area contributed by atoms with Crippen LogP contribution in [0.1, 0.15) is 22.5 Å². The van der Waals surface area contributed by atoms with E-state index in [1.807, 2.05) is 13.0 Å². The molecular formula is C15H20N6O2. The minimum absolute atomic E-state index is 0.126. The Morgan fingerprint density at radius 3 is 3.09 bits per heavy atom. The van der Waals surface area contributed by atoms with Crippen molar-refractivity contribution >= 4 is 11.7 Å².